The molecule has 5 nitrogen and oxygen atoms in total. The normalized spacial score (nSPS) is 12.9. The number of hydrogen-bond donors (Lipinski definition) is 2. The van der Waals surface area contributed by atoms with Crippen LogP contribution in [-0.2, 0) is 0 Å². The summed E-state index contributed by atoms with van der Waals surface area (Å²) >= 11 is 0. The highest BCUT2D eigenvalue weighted by molar-refractivity contribution is 5.54. The number of hydrogen-bond acceptors (Lipinski definition) is 5. The maximum atomic E-state index is 9.27. The minimum absolute atomic E-state index is 0.0128. The Balaban J connectivity index is 3.36. The molecule has 5 heteroatoms. The van der Waals surface area contributed by atoms with Crippen LogP contribution < -0.4 is 19.9 Å². The van der Waals surface area contributed by atoms with Gasteiger partial charge in [-0.2, -0.15) is 0 Å². The second-order valence-electron chi connectivity index (χ2n) is 5.34. The summed E-state index contributed by atoms with van der Waals surface area (Å²) in [6.45, 7) is 3.95. The number of rotatable bonds is 7. The van der Waals surface area contributed by atoms with E-state index in [1.807, 2.05) is 26.0 Å². The molecule has 0 aliphatic carbocycles. The van der Waals surface area contributed by atoms with Gasteiger partial charge in [-0.3, -0.25) is 0 Å². The van der Waals surface area contributed by atoms with Crippen LogP contribution in [0.15, 0.2) is 12.1 Å². The highest BCUT2D eigenvalue weighted by Gasteiger charge is 2.28. The molecule has 1 unspecified atom stereocenters. The van der Waals surface area contributed by atoms with Crippen molar-refractivity contribution < 1.29 is 19.3 Å². The van der Waals surface area contributed by atoms with Gasteiger partial charge in [-0.1, -0.05) is 0 Å². The summed E-state index contributed by atoms with van der Waals surface area (Å²) in [5, 5.41) is 9.27. The maximum Gasteiger partial charge on any atom is 0.203 e. The molecule has 1 aromatic carbocycles. The number of benzene rings is 1. The van der Waals surface area contributed by atoms with Crippen LogP contribution in [0.3, 0.4) is 0 Å². The van der Waals surface area contributed by atoms with Crippen LogP contribution in [0.2, 0.25) is 0 Å². The minimum Gasteiger partial charge on any atom is -0.493 e. The lowest BCUT2D eigenvalue weighted by molar-refractivity contribution is 0.249. The third-order valence-electron chi connectivity index (χ3n) is 3.41. The molecular weight excluding hydrogens is 258 g/mol. The zero-order valence-corrected chi connectivity index (χ0v) is 12.9. The van der Waals surface area contributed by atoms with Gasteiger partial charge in [-0.15, -0.1) is 0 Å². The highest BCUT2D eigenvalue weighted by atomic mass is 16.5. The number of methoxy groups -OCH3 is 3. The number of aliphatic hydroxyl groups is 1. The van der Waals surface area contributed by atoms with E-state index in [2.05, 4.69) is 0 Å². The molecule has 0 radical (unpaired) electrons. The van der Waals surface area contributed by atoms with Crippen molar-refractivity contribution in [3.05, 3.63) is 17.7 Å². The molecular formula is C15H25NO4. The molecule has 20 heavy (non-hydrogen) atoms. The Bertz CT molecular complexity index is 415. The molecule has 0 spiro atoms. The molecule has 0 bridgehead atoms. The van der Waals surface area contributed by atoms with Crippen molar-refractivity contribution in [1.82, 2.24) is 0 Å². The average molecular weight is 283 g/mol. The van der Waals surface area contributed by atoms with Crippen LogP contribution >= 0.6 is 0 Å². The van der Waals surface area contributed by atoms with Gasteiger partial charge in [0, 0.05) is 18.1 Å². The first kappa shape index (κ1) is 16.6. The quantitative estimate of drug-likeness (QED) is 0.799. The molecule has 0 aromatic heterocycles. The lowest BCUT2D eigenvalue weighted by atomic mass is 9.80. The van der Waals surface area contributed by atoms with Gasteiger partial charge in [0.1, 0.15) is 0 Å². The molecule has 0 amide bonds. The van der Waals surface area contributed by atoms with Gasteiger partial charge >= 0.3 is 0 Å². The Morgan fingerprint density at radius 3 is 1.90 bits per heavy atom. The summed E-state index contributed by atoms with van der Waals surface area (Å²) in [6, 6.07) is 3.77. The largest absolute Gasteiger partial charge is 0.493 e. The zero-order valence-electron chi connectivity index (χ0n) is 12.9. The van der Waals surface area contributed by atoms with Crippen LogP contribution in [0.1, 0.15) is 31.7 Å². The van der Waals surface area contributed by atoms with Crippen molar-refractivity contribution in [3.63, 3.8) is 0 Å². The average Bonchev–Trinajstić information content (AvgIpc) is 2.41. The topological polar surface area (TPSA) is 73.9 Å². The summed E-state index contributed by atoms with van der Waals surface area (Å²) in [6.07, 6.45) is 0.572. The number of aliphatic hydroxyl groups excluding tert-OH is 1. The summed E-state index contributed by atoms with van der Waals surface area (Å²) < 4.78 is 16.0. The predicted molar refractivity (Wildman–Crippen MR) is 78.8 cm³/mol. The van der Waals surface area contributed by atoms with Gasteiger partial charge in [0.15, 0.2) is 11.5 Å². The summed E-state index contributed by atoms with van der Waals surface area (Å²) in [5.74, 6) is 1.72. The Morgan fingerprint density at radius 1 is 1.10 bits per heavy atom. The Kier molecular flexibility index (Phi) is 5.65. The van der Waals surface area contributed by atoms with E-state index >= 15 is 0 Å². The fraction of sp³-hybridized carbons (Fsp3) is 0.600. The first-order valence-corrected chi connectivity index (χ1v) is 6.58. The Labute approximate surface area is 120 Å². The Hall–Kier alpha value is -1.46. The van der Waals surface area contributed by atoms with Crippen molar-refractivity contribution in [1.29, 1.82) is 0 Å². The molecule has 114 valence electrons. The van der Waals surface area contributed by atoms with Crippen molar-refractivity contribution in [2.75, 3.05) is 27.9 Å². The lowest BCUT2D eigenvalue weighted by Crippen LogP contribution is -2.39. The van der Waals surface area contributed by atoms with Crippen LogP contribution in [0, 0.1) is 0 Å². The molecule has 0 aliphatic heterocycles. The molecule has 0 fully saturated rings. The lowest BCUT2D eigenvalue weighted by Gasteiger charge is -2.31. The third kappa shape index (κ3) is 3.55. The van der Waals surface area contributed by atoms with Gasteiger partial charge in [0.05, 0.1) is 21.3 Å². The molecule has 1 rings (SSSR count). The minimum atomic E-state index is -0.465. The van der Waals surface area contributed by atoms with Gasteiger partial charge in [-0.05, 0) is 38.0 Å². The van der Waals surface area contributed by atoms with E-state index in [9.17, 15) is 5.11 Å². The number of nitrogens with two attached hydrogens (primary N) is 1. The smallest absolute Gasteiger partial charge is 0.203 e. The summed E-state index contributed by atoms with van der Waals surface area (Å²) in [7, 11) is 4.73. The van der Waals surface area contributed by atoms with E-state index in [4.69, 9.17) is 19.9 Å². The van der Waals surface area contributed by atoms with Crippen molar-refractivity contribution in [2.24, 2.45) is 5.73 Å². The standard InChI is InChI=1S/C15H25NO4/c1-15(2,16)11(6-7-17)10-8-12(18-3)14(20-5)13(9-10)19-4/h8-9,11,17H,6-7,16H2,1-5H3. The SMILES string of the molecule is COc1cc(C(CCO)C(C)(C)N)cc(OC)c1OC. The highest BCUT2D eigenvalue weighted by Crippen LogP contribution is 2.42. The van der Waals surface area contributed by atoms with E-state index < -0.39 is 5.54 Å². The van der Waals surface area contributed by atoms with Crippen molar-refractivity contribution in [3.8, 4) is 17.2 Å². The second-order valence-corrected chi connectivity index (χ2v) is 5.34. The summed E-state index contributed by atoms with van der Waals surface area (Å²) in [4.78, 5) is 0. The van der Waals surface area contributed by atoms with Gasteiger partial charge < -0.3 is 25.1 Å². The van der Waals surface area contributed by atoms with Crippen LogP contribution in [0.4, 0.5) is 0 Å². The monoisotopic (exact) mass is 283 g/mol. The predicted octanol–water partition coefficient (Wildman–Crippen LogP) is 1.92. The molecule has 3 N–H and O–H groups in total. The molecule has 1 aromatic rings. The van der Waals surface area contributed by atoms with Crippen LogP contribution in [0.5, 0.6) is 17.2 Å². The first-order chi connectivity index (χ1) is 9.38. The van der Waals surface area contributed by atoms with Crippen LogP contribution in [-0.4, -0.2) is 38.6 Å². The third-order valence-corrected chi connectivity index (χ3v) is 3.41. The van der Waals surface area contributed by atoms with Crippen molar-refractivity contribution in [2.45, 2.75) is 31.7 Å². The van der Waals surface area contributed by atoms with E-state index in [1.54, 1.807) is 21.3 Å². The zero-order chi connectivity index (χ0) is 15.3. The molecule has 0 heterocycles. The first-order valence-electron chi connectivity index (χ1n) is 6.58. The van der Waals surface area contributed by atoms with E-state index in [0.717, 1.165) is 5.56 Å². The van der Waals surface area contributed by atoms with Crippen molar-refractivity contribution >= 4 is 0 Å². The molecule has 0 aliphatic rings. The fourth-order valence-electron chi connectivity index (χ4n) is 2.40. The second kappa shape index (κ2) is 6.81. The molecule has 0 saturated carbocycles. The van der Waals surface area contributed by atoms with E-state index in [1.165, 1.54) is 0 Å². The van der Waals surface area contributed by atoms with Gasteiger partial charge in [0.2, 0.25) is 5.75 Å². The van der Waals surface area contributed by atoms with E-state index in [-0.39, 0.29) is 12.5 Å². The van der Waals surface area contributed by atoms with Crippen LogP contribution in [0.25, 0.3) is 0 Å². The van der Waals surface area contributed by atoms with Gasteiger partial charge in [0.25, 0.3) is 0 Å². The maximum absolute atomic E-state index is 9.27. The van der Waals surface area contributed by atoms with E-state index in [0.29, 0.717) is 23.7 Å². The fourth-order valence-corrected chi connectivity index (χ4v) is 2.40. The molecule has 0 saturated heterocycles. The van der Waals surface area contributed by atoms with Gasteiger partial charge in [-0.25, -0.2) is 0 Å². The number of ether oxygens (including phenoxy) is 3. The Morgan fingerprint density at radius 2 is 1.60 bits per heavy atom. The summed E-state index contributed by atoms with van der Waals surface area (Å²) in [5.41, 5.74) is 6.72. The molecule has 1 atom stereocenters.